The Kier molecular flexibility index (Phi) is 4.81. The molecule has 0 radical (unpaired) electrons. The summed E-state index contributed by atoms with van der Waals surface area (Å²) in [5, 5.41) is 6.77. The number of nitrogens with one attached hydrogen (secondary N) is 2. The standard InChI is InChI=1S/C14H23N3O/c1-3-8-15-13-5-4-6-14(17-13)16-11(2)12-7-9-18-10-12/h4-6,11-12H,3,7-10H2,1-2H3,(H2,15,16,17). The van der Waals surface area contributed by atoms with Gasteiger partial charge in [0.25, 0.3) is 0 Å². The van der Waals surface area contributed by atoms with Crippen LogP contribution in [0.2, 0.25) is 0 Å². The Hall–Kier alpha value is -1.29. The van der Waals surface area contributed by atoms with Crippen molar-refractivity contribution in [2.45, 2.75) is 32.7 Å². The zero-order chi connectivity index (χ0) is 12.8. The Morgan fingerprint density at radius 3 is 3.00 bits per heavy atom. The van der Waals surface area contributed by atoms with E-state index in [2.05, 4.69) is 29.5 Å². The van der Waals surface area contributed by atoms with Gasteiger partial charge in [0, 0.05) is 25.1 Å². The van der Waals surface area contributed by atoms with Gasteiger partial charge in [0.2, 0.25) is 0 Å². The molecule has 1 aliphatic rings. The van der Waals surface area contributed by atoms with Crippen molar-refractivity contribution < 1.29 is 4.74 Å². The van der Waals surface area contributed by atoms with E-state index < -0.39 is 0 Å². The van der Waals surface area contributed by atoms with Gasteiger partial charge in [-0.05, 0) is 31.9 Å². The first-order valence-corrected chi connectivity index (χ1v) is 6.85. The molecule has 4 heteroatoms. The average Bonchev–Trinajstić information content (AvgIpc) is 2.91. The van der Waals surface area contributed by atoms with E-state index in [4.69, 9.17) is 4.74 Å². The highest BCUT2D eigenvalue weighted by Gasteiger charge is 2.22. The van der Waals surface area contributed by atoms with Crippen molar-refractivity contribution >= 4 is 11.6 Å². The van der Waals surface area contributed by atoms with Gasteiger partial charge in [0.15, 0.2) is 0 Å². The fraction of sp³-hybridized carbons (Fsp3) is 0.643. The normalized spacial score (nSPS) is 20.7. The predicted octanol–water partition coefficient (Wildman–Crippen LogP) is 2.74. The molecule has 18 heavy (non-hydrogen) atoms. The first-order valence-electron chi connectivity index (χ1n) is 6.85. The molecule has 0 bridgehead atoms. The summed E-state index contributed by atoms with van der Waals surface area (Å²) in [6.45, 7) is 7.07. The van der Waals surface area contributed by atoms with Gasteiger partial charge < -0.3 is 15.4 Å². The van der Waals surface area contributed by atoms with Crippen LogP contribution in [0.1, 0.15) is 26.7 Å². The maximum absolute atomic E-state index is 5.42. The van der Waals surface area contributed by atoms with E-state index in [-0.39, 0.29) is 0 Å². The van der Waals surface area contributed by atoms with Gasteiger partial charge in [0.05, 0.1) is 6.61 Å². The van der Waals surface area contributed by atoms with Crippen LogP contribution in [-0.2, 0) is 4.74 Å². The van der Waals surface area contributed by atoms with Crippen molar-refractivity contribution in [3.8, 4) is 0 Å². The quantitative estimate of drug-likeness (QED) is 0.814. The Morgan fingerprint density at radius 2 is 2.28 bits per heavy atom. The second kappa shape index (κ2) is 6.59. The molecule has 0 aromatic carbocycles. The average molecular weight is 249 g/mol. The van der Waals surface area contributed by atoms with Gasteiger partial charge in [-0.2, -0.15) is 0 Å². The van der Waals surface area contributed by atoms with Gasteiger partial charge in [-0.3, -0.25) is 0 Å². The van der Waals surface area contributed by atoms with E-state index in [0.29, 0.717) is 12.0 Å². The molecule has 2 heterocycles. The highest BCUT2D eigenvalue weighted by Crippen LogP contribution is 2.20. The molecule has 2 N–H and O–H groups in total. The van der Waals surface area contributed by atoms with Crippen LogP contribution in [0.15, 0.2) is 18.2 Å². The summed E-state index contributed by atoms with van der Waals surface area (Å²) >= 11 is 0. The Bertz CT molecular complexity index is 364. The minimum atomic E-state index is 0.404. The highest BCUT2D eigenvalue weighted by molar-refractivity contribution is 5.45. The molecule has 0 aliphatic carbocycles. The largest absolute Gasteiger partial charge is 0.381 e. The number of nitrogens with zero attached hydrogens (tertiary/aromatic N) is 1. The van der Waals surface area contributed by atoms with Gasteiger partial charge in [0.1, 0.15) is 11.6 Å². The molecule has 1 fully saturated rings. The minimum absolute atomic E-state index is 0.404. The second-order valence-electron chi connectivity index (χ2n) is 4.89. The Morgan fingerprint density at radius 1 is 1.44 bits per heavy atom. The molecule has 1 aliphatic heterocycles. The van der Waals surface area contributed by atoms with E-state index in [9.17, 15) is 0 Å². The molecule has 2 atom stereocenters. The first kappa shape index (κ1) is 13.1. The molecule has 0 amide bonds. The summed E-state index contributed by atoms with van der Waals surface area (Å²) in [6.07, 6.45) is 2.25. The van der Waals surface area contributed by atoms with E-state index in [1.165, 1.54) is 0 Å². The fourth-order valence-electron chi connectivity index (χ4n) is 2.16. The third-order valence-electron chi connectivity index (χ3n) is 3.35. The number of hydrogen-bond acceptors (Lipinski definition) is 4. The summed E-state index contributed by atoms with van der Waals surface area (Å²) in [7, 11) is 0. The van der Waals surface area contributed by atoms with Crippen LogP contribution in [0.25, 0.3) is 0 Å². The highest BCUT2D eigenvalue weighted by atomic mass is 16.5. The lowest BCUT2D eigenvalue weighted by Gasteiger charge is -2.20. The topological polar surface area (TPSA) is 46.2 Å². The lowest BCUT2D eigenvalue weighted by molar-refractivity contribution is 0.183. The van der Waals surface area contributed by atoms with E-state index in [0.717, 1.165) is 44.2 Å². The number of rotatable bonds is 6. The molecule has 0 spiro atoms. The summed E-state index contributed by atoms with van der Waals surface area (Å²) < 4.78 is 5.42. The van der Waals surface area contributed by atoms with E-state index in [1.54, 1.807) is 0 Å². The molecule has 4 nitrogen and oxygen atoms in total. The summed E-state index contributed by atoms with van der Waals surface area (Å²) in [5.74, 6) is 2.48. The number of hydrogen-bond donors (Lipinski definition) is 2. The summed E-state index contributed by atoms with van der Waals surface area (Å²) in [5.41, 5.74) is 0. The molecule has 1 aromatic rings. The number of aromatic nitrogens is 1. The van der Waals surface area contributed by atoms with Crippen LogP contribution in [0.4, 0.5) is 11.6 Å². The number of ether oxygens (including phenoxy) is 1. The maximum Gasteiger partial charge on any atom is 0.128 e. The van der Waals surface area contributed by atoms with E-state index in [1.807, 2.05) is 18.2 Å². The smallest absolute Gasteiger partial charge is 0.128 e. The fourth-order valence-corrected chi connectivity index (χ4v) is 2.16. The summed E-state index contributed by atoms with van der Waals surface area (Å²) in [6, 6.07) is 6.46. The van der Waals surface area contributed by atoms with Gasteiger partial charge >= 0.3 is 0 Å². The lowest BCUT2D eigenvalue weighted by Crippen LogP contribution is -2.26. The SMILES string of the molecule is CCCNc1cccc(NC(C)C2CCOC2)n1. The molecular formula is C14H23N3O. The number of anilines is 2. The van der Waals surface area contributed by atoms with Gasteiger partial charge in [-0.15, -0.1) is 0 Å². The van der Waals surface area contributed by atoms with Crippen LogP contribution in [-0.4, -0.2) is 30.8 Å². The van der Waals surface area contributed by atoms with Crippen LogP contribution < -0.4 is 10.6 Å². The van der Waals surface area contributed by atoms with Crippen LogP contribution >= 0.6 is 0 Å². The molecule has 2 rings (SSSR count). The van der Waals surface area contributed by atoms with Crippen LogP contribution in [0.3, 0.4) is 0 Å². The van der Waals surface area contributed by atoms with Gasteiger partial charge in [-0.25, -0.2) is 4.98 Å². The maximum atomic E-state index is 5.42. The van der Waals surface area contributed by atoms with Crippen molar-refractivity contribution in [3.63, 3.8) is 0 Å². The lowest BCUT2D eigenvalue weighted by atomic mass is 10.0. The predicted molar refractivity (Wildman–Crippen MR) is 75.0 cm³/mol. The zero-order valence-electron chi connectivity index (χ0n) is 11.3. The second-order valence-corrected chi connectivity index (χ2v) is 4.89. The zero-order valence-corrected chi connectivity index (χ0v) is 11.3. The first-order chi connectivity index (χ1) is 8.79. The molecule has 2 unspecified atom stereocenters. The van der Waals surface area contributed by atoms with Crippen molar-refractivity contribution in [1.82, 2.24) is 4.98 Å². The third-order valence-corrected chi connectivity index (χ3v) is 3.35. The van der Waals surface area contributed by atoms with Crippen LogP contribution in [0, 0.1) is 5.92 Å². The molecule has 0 saturated carbocycles. The Labute approximate surface area is 109 Å². The van der Waals surface area contributed by atoms with E-state index >= 15 is 0 Å². The van der Waals surface area contributed by atoms with Crippen molar-refractivity contribution in [2.24, 2.45) is 5.92 Å². The van der Waals surface area contributed by atoms with Crippen molar-refractivity contribution in [2.75, 3.05) is 30.4 Å². The molecular weight excluding hydrogens is 226 g/mol. The van der Waals surface area contributed by atoms with Crippen molar-refractivity contribution in [1.29, 1.82) is 0 Å². The minimum Gasteiger partial charge on any atom is -0.381 e. The van der Waals surface area contributed by atoms with Gasteiger partial charge in [-0.1, -0.05) is 13.0 Å². The number of pyridine rings is 1. The Balaban J connectivity index is 1.91. The van der Waals surface area contributed by atoms with Crippen LogP contribution in [0.5, 0.6) is 0 Å². The molecule has 1 aromatic heterocycles. The summed E-state index contributed by atoms with van der Waals surface area (Å²) in [4.78, 5) is 4.56. The van der Waals surface area contributed by atoms with Crippen molar-refractivity contribution in [3.05, 3.63) is 18.2 Å². The molecule has 100 valence electrons. The third kappa shape index (κ3) is 3.60. The monoisotopic (exact) mass is 249 g/mol. The molecule has 1 saturated heterocycles.